The second kappa shape index (κ2) is 9.46. The molecule has 6 heteroatoms. The topological polar surface area (TPSA) is 75.6 Å². The lowest BCUT2D eigenvalue weighted by atomic mass is 10.2. The minimum Gasteiger partial charge on any atom is -0.354 e. The molecule has 0 amide bonds. The van der Waals surface area contributed by atoms with Gasteiger partial charge in [0, 0.05) is 30.2 Å². The summed E-state index contributed by atoms with van der Waals surface area (Å²) in [6.07, 6.45) is 8.26. The van der Waals surface area contributed by atoms with Crippen LogP contribution in [0.15, 0.2) is 54.9 Å². The van der Waals surface area contributed by atoms with Gasteiger partial charge in [0.05, 0.1) is 0 Å². The number of nitrogens with one attached hydrogen (secondary N) is 2. The molecular weight excluding hydrogens is 324 g/mol. The average Bonchev–Trinajstić information content (AvgIpc) is 2.69. The van der Waals surface area contributed by atoms with E-state index in [1.165, 1.54) is 19.3 Å². The van der Waals surface area contributed by atoms with Gasteiger partial charge in [-0.3, -0.25) is 4.98 Å². The molecule has 2 N–H and O–H groups in total. The third-order valence-electron chi connectivity index (χ3n) is 3.92. The van der Waals surface area contributed by atoms with E-state index in [-0.39, 0.29) is 0 Å². The van der Waals surface area contributed by atoms with Gasteiger partial charge < -0.3 is 10.6 Å². The van der Waals surface area contributed by atoms with Crippen LogP contribution in [0.1, 0.15) is 32.6 Å². The van der Waals surface area contributed by atoms with Gasteiger partial charge in [0.15, 0.2) is 5.82 Å². The fraction of sp³-hybridized carbons (Fsp3) is 0.300. The number of anilines is 3. The Labute approximate surface area is 154 Å². The van der Waals surface area contributed by atoms with Crippen molar-refractivity contribution in [1.82, 2.24) is 19.9 Å². The van der Waals surface area contributed by atoms with Crippen LogP contribution < -0.4 is 10.6 Å². The van der Waals surface area contributed by atoms with Gasteiger partial charge in [-0.1, -0.05) is 56.5 Å². The highest BCUT2D eigenvalue weighted by molar-refractivity contribution is 5.60. The van der Waals surface area contributed by atoms with Crippen molar-refractivity contribution in [2.24, 2.45) is 0 Å². The molecule has 0 saturated heterocycles. The highest BCUT2D eigenvalue weighted by Crippen LogP contribution is 2.19. The van der Waals surface area contributed by atoms with E-state index in [0.717, 1.165) is 24.2 Å². The van der Waals surface area contributed by atoms with Crippen molar-refractivity contribution in [3.05, 3.63) is 54.9 Å². The number of hydrogen-bond donors (Lipinski definition) is 2. The predicted molar refractivity (Wildman–Crippen MR) is 105 cm³/mol. The first-order valence-corrected chi connectivity index (χ1v) is 9.07. The van der Waals surface area contributed by atoms with Crippen molar-refractivity contribution < 1.29 is 0 Å². The lowest BCUT2D eigenvalue weighted by Crippen LogP contribution is -2.09. The number of benzene rings is 1. The number of pyridine rings is 1. The molecule has 3 aromatic rings. The van der Waals surface area contributed by atoms with Crippen molar-refractivity contribution in [2.45, 2.75) is 32.6 Å². The average molecular weight is 348 g/mol. The number of nitrogens with zero attached hydrogens (tertiary/aromatic N) is 4. The Balaban J connectivity index is 1.80. The maximum atomic E-state index is 4.58. The lowest BCUT2D eigenvalue weighted by Gasteiger charge is -2.10. The van der Waals surface area contributed by atoms with Crippen LogP contribution >= 0.6 is 0 Å². The van der Waals surface area contributed by atoms with Crippen molar-refractivity contribution in [3.8, 4) is 11.4 Å². The van der Waals surface area contributed by atoms with Crippen molar-refractivity contribution >= 4 is 17.6 Å². The van der Waals surface area contributed by atoms with E-state index in [2.05, 4.69) is 37.5 Å². The first kappa shape index (κ1) is 17.8. The van der Waals surface area contributed by atoms with Gasteiger partial charge in [0.2, 0.25) is 11.9 Å². The lowest BCUT2D eigenvalue weighted by molar-refractivity contribution is 0.683. The largest absolute Gasteiger partial charge is 0.354 e. The molecular formula is C20H24N6. The second-order valence-corrected chi connectivity index (χ2v) is 6.02. The Morgan fingerprint density at radius 3 is 2.35 bits per heavy atom. The smallest absolute Gasteiger partial charge is 0.232 e. The van der Waals surface area contributed by atoms with Crippen LogP contribution in [0, 0.1) is 0 Å². The Morgan fingerprint density at radius 2 is 1.58 bits per heavy atom. The van der Waals surface area contributed by atoms with Crippen LogP contribution in [-0.4, -0.2) is 26.5 Å². The molecule has 0 aliphatic heterocycles. The predicted octanol–water partition coefficient (Wildman–Crippen LogP) is 4.67. The monoisotopic (exact) mass is 348 g/mol. The molecule has 0 unspecified atom stereocenters. The summed E-state index contributed by atoms with van der Waals surface area (Å²) in [6.45, 7) is 3.07. The number of unbranched alkanes of at least 4 members (excludes halogenated alkanes) is 3. The van der Waals surface area contributed by atoms with Crippen molar-refractivity contribution in [3.63, 3.8) is 0 Å². The number of aromatic nitrogens is 4. The van der Waals surface area contributed by atoms with Crippen LogP contribution in [0.2, 0.25) is 0 Å². The fourth-order valence-electron chi connectivity index (χ4n) is 2.54. The van der Waals surface area contributed by atoms with Gasteiger partial charge in [-0.15, -0.1) is 0 Å². The normalized spacial score (nSPS) is 10.5. The zero-order chi connectivity index (χ0) is 18.0. The summed E-state index contributed by atoms with van der Waals surface area (Å²) >= 11 is 0. The molecule has 0 aliphatic rings. The minimum absolute atomic E-state index is 0.515. The highest BCUT2D eigenvalue weighted by Gasteiger charge is 2.08. The van der Waals surface area contributed by atoms with Crippen LogP contribution in [0.5, 0.6) is 0 Å². The standard InChI is InChI=1S/C20H24N6/c1-2-3-4-8-13-22-19-24-18(16-9-6-5-7-10-16)25-20(26-19)23-17-11-14-21-15-12-17/h5-7,9-12,14-15H,2-4,8,13H2,1H3,(H2,21,22,23,24,25,26). The minimum atomic E-state index is 0.515. The Bertz CT molecular complexity index is 792. The van der Waals surface area contributed by atoms with E-state index < -0.39 is 0 Å². The highest BCUT2D eigenvalue weighted by atomic mass is 15.2. The van der Waals surface area contributed by atoms with Crippen LogP contribution in [0.3, 0.4) is 0 Å². The van der Waals surface area contributed by atoms with Gasteiger partial charge in [-0.2, -0.15) is 15.0 Å². The molecule has 0 saturated carbocycles. The molecule has 0 spiro atoms. The van der Waals surface area contributed by atoms with Gasteiger partial charge >= 0.3 is 0 Å². The van der Waals surface area contributed by atoms with Crippen LogP contribution in [0.4, 0.5) is 17.6 Å². The molecule has 0 aliphatic carbocycles. The van der Waals surface area contributed by atoms with Crippen molar-refractivity contribution in [2.75, 3.05) is 17.2 Å². The van der Waals surface area contributed by atoms with Crippen molar-refractivity contribution in [1.29, 1.82) is 0 Å². The van der Waals surface area contributed by atoms with E-state index in [1.807, 2.05) is 42.5 Å². The summed E-state index contributed by atoms with van der Waals surface area (Å²) in [5.41, 5.74) is 1.85. The molecule has 0 atom stereocenters. The SMILES string of the molecule is CCCCCCNc1nc(Nc2ccncc2)nc(-c2ccccc2)n1. The second-order valence-electron chi connectivity index (χ2n) is 6.02. The first-order chi connectivity index (χ1) is 12.8. The summed E-state index contributed by atoms with van der Waals surface area (Å²) in [6, 6.07) is 13.7. The summed E-state index contributed by atoms with van der Waals surface area (Å²) in [4.78, 5) is 17.7. The molecule has 3 rings (SSSR count). The molecule has 1 aromatic carbocycles. The summed E-state index contributed by atoms with van der Waals surface area (Å²) in [5.74, 6) is 1.75. The van der Waals surface area contributed by atoms with Crippen LogP contribution in [-0.2, 0) is 0 Å². The molecule has 0 radical (unpaired) electrons. The maximum absolute atomic E-state index is 4.58. The first-order valence-electron chi connectivity index (χ1n) is 9.07. The number of hydrogen-bond acceptors (Lipinski definition) is 6. The maximum Gasteiger partial charge on any atom is 0.232 e. The zero-order valence-corrected chi connectivity index (χ0v) is 15.0. The zero-order valence-electron chi connectivity index (χ0n) is 15.0. The van der Waals surface area contributed by atoms with Gasteiger partial charge in [0.1, 0.15) is 0 Å². The van der Waals surface area contributed by atoms with E-state index in [9.17, 15) is 0 Å². The van der Waals surface area contributed by atoms with E-state index >= 15 is 0 Å². The fourth-order valence-corrected chi connectivity index (χ4v) is 2.54. The summed E-state index contributed by atoms with van der Waals surface area (Å²) in [5, 5.41) is 6.55. The van der Waals surface area contributed by atoms with Gasteiger partial charge in [-0.05, 0) is 18.6 Å². The van der Waals surface area contributed by atoms with E-state index in [1.54, 1.807) is 12.4 Å². The Morgan fingerprint density at radius 1 is 0.808 bits per heavy atom. The molecule has 6 nitrogen and oxygen atoms in total. The molecule has 134 valence electrons. The van der Waals surface area contributed by atoms with E-state index in [4.69, 9.17) is 0 Å². The molecule has 26 heavy (non-hydrogen) atoms. The number of rotatable bonds is 9. The third kappa shape index (κ3) is 5.24. The molecule has 2 aromatic heterocycles. The molecule has 0 fully saturated rings. The van der Waals surface area contributed by atoms with Gasteiger partial charge in [-0.25, -0.2) is 0 Å². The molecule has 2 heterocycles. The Kier molecular flexibility index (Phi) is 6.47. The summed E-state index contributed by atoms with van der Waals surface area (Å²) < 4.78 is 0. The molecule has 0 bridgehead atoms. The Hall–Kier alpha value is -3.02. The summed E-state index contributed by atoms with van der Waals surface area (Å²) in [7, 11) is 0. The third-order valence-corrected chi connectivity index (χ3v) is 3.92. The van der Waals surface area contributed by atoms with Crippen LogP contribution in [0.25, 0.3) is 11.4 Å². The van der Waals surface area contributed by atoms with Gasteiger partial charge in [0.25, 0.3) is 0 Å². The quantitative estimate of drug-likeness (QED) is 0.547. The van der Waals surface area contributed by atoms with E-state index in [0.29, 0.717) is 17.7 Å².